The van der Waals surface area contributed by atoms with E-state index >= 15 is 0 Å². The molecule has 0 atom stereocenters. The predicted octanol–water partition coefficient (Wildman–Crippen LogP) is 8.30. The van der Waals surface area contributed by atoms with Crippen molar-refractivity contribution in [2.45, 2.75) is 20.8 Å². The molecule has 6 nitrogen and oxygen atoms in total. The summed E-state index contributed by atoms with van der Waals surface area (Å²) in [4.78, 5) is 18.2. The summed E-state index contributed by atoms with van der Waals surface area (Å²) < 4.78 is 14.8. The lowest BCUT2D eigenvalue weighted by Crippen LogP contribution is -2.20. The number of aromatic nitrogens is 2. The Balaban J connectivity index is 1.60. The molecule has 2 heterocycles. The van der Waals surface area contributed by atoms with Gasteiger partial charge in [-0.25, -0.2) is 4.98 Å². The molecule has 9 heteroatoms. The van der Waals surface area contributed by atoms with Gasteiger partial charge >= 0.3 is 0 Å². The van der Waals surface area contributed by atoms with Crippen LogP contribution in [0.4, 0.5) is 0 Å². The maximum Gasteiger partial charge on any atom is 0.282 e. The minimum atomic E-state index is -0.307. The molecule has 0 N–H and O–H groups in total. The maximum absolute atomic E-state index is 13.5. The minimum absolute atomic E-state index is 0.0155. The molecular formula is C28H22Br2ClN3O3. The van der Waals surface area contributed by atoms with Gasteiger partial charge < -0.3 is 9.15 Å². The summed E-state index contributed by atoms with van der Waals surface area (Å²) in [5, 5.41) is 6.39. The van der Waals surface area contributed by atoms with Crippen molar-refractivity contribution in [3.05, 3.63) is 90.5 Å². The van der Waals surface area contributed by atoms with Crippen LogP contribution in [0.2, 0.25) is 5.02 Å². The van der Waals surface area contributed by atoms with Crippen LogP contribution in [-0.4, -0.2) is 22.5 Å². The summed E-state index contributed by atoms with van der Waals surface area (Å²) in [5.41, 5.74) is 1.65. The summed E-state index contributed by atoms with van der Waals surface area (Å²) in [6.07, 6.45) is 1.60. The second-order valence-corrected chi connectivity index (χ2v) is 11.9. The zero-order chi connectivity index (χ0) is 26.3. The van der Waals surface area contributed by atoms with E-state index in [1.165, 1.54) is 4.68 Å². The van der Waals surface area contributed by atoms with Crippen LogP contribution in [0.5, 0.6) is 5.75 Å². The van der Waals surface area contributed by atoms with E-state index in [-0.39, 0.29) is 16.8 Å². The lowest BCUT2D eigenvalue weighted by molar-refractivity contribution is 0.196. The van der Waals surface area contributed by atoms with E-state index in [0.717, 1.165) is 19.9 Å². The molecule has 0 aliphatic carbocycles. The Morgan fingerprint density at radius 2 is 1.81 bits per heavy atom. The van der Waals surface area contributed by atoms with Gasteiger partial charge in [0.15, 0.2) is 5.76 Å². The van der Waals surface area contributed by atoms with E-state index < -0.39 is 0 Å². The molecule has 0 saturated heterocycles. The number of furan rings is 1. The van der Waals surface area contributed by atoms with Gasteiger partial charge in [0.25, 0.3) is 5.56 Å². The molecule has 2 aromatic heterocycles. The number of rotatable bonds is 5. The second-order valence-electron chi connectivity index (χ2n) is 9.77. The number of benzene rings is 3. The Morgan fingerprint density at radius 3 is 2.54 bits per heavy atom. The van der Waals surface area contributed by atoms with Gasteiger partial charge in [-0.15, -0.1) is 0 Å². The van der Waals surface area contributed by atoms with Crippen molar-refractivity contribution in [2.24, 2.45) is 10.5 Å². The molecule has 3 aromatic carbocycles. The highest BCUT2D eigenvalue weighted by Crippen LogP contribution is 2.35. The molecule has 0 aliphatic heterocycles. The Hall–Kier alpha value is -2.94. The monoisotopic (exact) mass is 641 g/mol. The molecule has 5 rings (SSSR count). The normalized spacial score (nSPS) is 12.2. The van der Waals surface area contributed by atoms with Crippen molar-refractivity contribution < 1.29 is 9.15 Å². The van der Waals surface area contributed by atoms with Crippen molar-refractivity contribution in [1.82, 2.24) is 9.66 Å². The number of para-hydroxylation sites is 1. The highest BCUT2D eigenvalue weighted by Gasteiger charge is 2.18. The first-order chi connectivity index (χ1) is 17.6. The maximum atomic E-state index is 13.5. The van der Waals surface area contributed by atoms with Crippen LogP contribution in [0.3, 0.4) is 0 Å². The quantitative estimate of drug-likeness (QED) is 0.181. The molecule has 188 valence electrons. The van der Waals surface area contributed by atoms with Crippen LogP contribution in [0.1, 0.15) is 26.3 Å². The zero-order valence-electron chi connectivity index (χ0n) is 20.3. The first-order valence-corrected chi connectivity index (χ1v) is 13.4. The number of hydrogen-bond acceptors (Lipinski definition) is 5. The number of hydrogen-bond donors (Lipinski definition) is 0. The summed E-state index contributed by atoms with van der Waals surface area (Å²) in [7, 11) is 0. The van der Waals surface area contributed by atoms with Gasteiger partial charge in [0, 0.05) is 10.4 Å². The number of fused-ring (bicyclic) bond motifs is 2. The molecule has 0 amide bonds. The highest BCUT2D eigenvalue weighted by molar-refractivity contribution is 9.11. The van der Waals surface area contributed by atoms with Crippen LogP contribution < -0.4 is 10.3 Å². The van der Waals surface area contributed by atoms with Gasteiger partial charge in [0.05, 0.1) is 32.7 Å². The Bertz CT molecular complexity index is 1710. The third-order valence-electron chi connectivity index (χ3n) is 5.44. The largest absolute Gasteiger partial charge is 0.491 e. The number of ether oxygens (including phenoxy) is 1. The number of halogens is 3. The average Bonchev–Trinajstić information content (AvgIpc) is 3.25. The van der Waals surface area contributed by atoms with Crippen molar-refractivity contribution in [3.63, 3.8) is 0 Å². The zero-order valence-corrected chi connectivity index (χ0v) is 24.2. The van der Waals surface area contributed by atoms with E-state index in [1.54, 1.807) is 48.7 Å². The van der Waals surface area contributed by atoms with Crippen LogP contribution in [-0.2, 0) is 0 Å². The molecule has 37 heavy (non-hydrogen) atoms. The minimum Gasteiger partial charge on any atom is -0.491 e. The van der Waals surface area contributed by atoms with E-state index in [4.69, 9.17) is 25.7 Å². The smallest absolute Gasteiger partial charge is 0.282 e. The number of nitrogens with zero attached hydrogens (tertiary/aromatic N) is 3. The van der Waals surface area contributed by atoms with E-state index in [1.807, 2.05) is 18.2 Å². The van der Waals surface area contributed by atoms with Crippen molar-refractivity contribution in [3.8, 4) is 17.3 Å². The molecule has 5 aromatic rings. The van der Waals surface area contributed by atoms with E-state index in [9.17, 15) is 4.79 Å². The fourth-order valence-electron chi connectivity index (χ4n) is 3.72. The molecule has 0 fully saturated rings. The first kappa shape index (κ1) is 25.7. The van der Waals surface area contributed by atoms with Crippen molar-refractivity contribution >= 4 is 71.5 Å². The van der Waals surface area contributed by atoms with Crippen LogP contribution in [0.25, 0.3) is 33.5 Å². The molecule has 0 saturated carbocycles. The van der Waals surface area contributed by atoms with Crippen LogP contribution in [0, 0.1) is 5.41 Å². The Kier molecular flexibility index (Phi) is 7.00. The van der Waals surface area contributed by atoms with Gasteiger partial charge in [-0.3, -0.25) is 4.79 Å². The lowest BCUT2D eigenvalue weighted by atomic mass is 9.99. The van der Waals surface area contributed by atoms with E-state index in [2.05, 4.69) is 57.7 Å². The topological polar surface area (TPSA) is 69.6 Å². The SMILES string of the molecule is CC(C)(C)COc1c(Br)cc(C=Nn2c(-c3cc4cc(Cl)ccc4o3)nc3ccccc3c2=O)cc1Br. The van der Waals surface area contributed by atoms with Crippen LogP contribution >= 0.6 is 43.5 Å². The highest BCUT2D eigenvalue weighted by atomic mass is 79.9. The second kappa shape index (κ2) is 10.1. The van der Waals surface area contributed by atoms with Gasteiger partial charge in [-0.2, -0.15) is 9.78 Å². The fourth-order valence-corrected chi connectivity index (χ4v) is 5.35. The van der Waals surface area contributed by atoms with Crippen molar-refractivity contribution in [1.29, 1.82) is 0 Å². The predicted molar refractivity (Wildman–Crippen MR) is 156 cm³/mol. The van der Waals surface area contributed by atoms with E-state index in [0.29, 0.717) is 39.6 Å². The van der Waals surface area contributed by atoms with Gasteiger partial charge in [-0.05, 0) is 91.4 Å². The third kappa shape index (κ3) is 5.51. The average molecular weight is 644 g/mol. The first-order valence-electron chi connectivity index (χ1n) is 11.5. The van der Waals surface area contributed by atoms with Crippen LogP contribution in [0.15, 0.2) is 83.9 Å². The summed E-state index contributed by atoms with van der Waals surface area (Å²) >= 11 is 13.3. The molecule has 0 radical (unpaired) electrons. The van der Waals surface area contributed by atoms with Gasteiger partial charge in [0.1, 0.15) is 11.3 Å². The van der Waals surface area contributed by atoms with Gasteiger partial charge in [0.2, 0.25) is 5.82 Å². The Morgan fingerprint density at radius 1 is 1.08 bits per heavy atom. The third-order valence-corrected chi connectivity index (χ3v) is 6.86. The molecule has 0 spiro atoms. The summed E-state index contributed by atoms with van der Waals surface area (Å²) in [6, 6.07) is 18.1. The Labute approximate surface area is 235 Å². The standard InChI is InChI=1S/C28H22Br2ClN3O3/c1-28(2,3)15-36-25-20(29)10-16(11-21(25)30)14-32-34-26(33-22-7-5-4-6-19(22)27(34)35)24-13-17-12-18(31)8-9-23(17)37-24/h4-14H,15H2,1-3H3. The fraction of sp³-hybridized carbons (Fsp3) is 0.179. The molecule has 0 aliphatic rings. The molecule has 0 bridgehead atoms. The summed E-state index contributed by atoms with van der Waals surface area (Å²) in [6.45, 7) is 6.89. The van der Waals surface area contributed by atoms with Gasteiger partial charge in [-0.1, -0.05) is 44.5 Å². The summed E-state index contributed by atoms with van der Waals surface area (Å²) in [5.74, 6) is 1.40. The lowest BCUT2D eigenvalue weighted by Gasteiger charge is -2.20. The molecular weight excluding hydrogens is 622 g/mol. The molecule has 0 unspecified atom stereocenters. The van der Waals surface area contributed by atoms with Crippen molar-refractivity contribution in [2.75, 3.05) is 6.61 Å².